The van der Waals surface area contributed by atoms with Crippen LogP contribution in [-0.2, 0) is 25.9 Å². The van der Waals surface area contributed by atoms with Crippen LogP contribution in [0.5, 0.6) is 0 Å². The molecule has 4 rings (SSSR count). The summed E-state index contributed by atoms with van der Waals surface area (Å²) in [6, 6.07) is 17.9. The van der Waals surface area contributed by atoms with Gasteiger partial charge in [0.15, 0.2) is 0 Å². The standard InChI is InChI=1S/C31H44N6O3/c1-3-5-11-18-37-30(39)28-29(36(31(37)40)19-16-24-14-9-10-15-26(24)32)34-27(21-23-12-7-6-8-13-23)35(28)20-17-33-22-25(38)4-2/h6-10,12-15,25,27,33-34,38H,3-5,11,16-22,32H2,1-2H3. The number of rotatable bonds is 15. The van der Waals surface area contributed by atoms with Crippen LogP contribution in [0.3, 0.4) is 0 Å². The van der Waals surface area contributed by atoms with Gasteiger partial charge in [0.1, 0.15) is 17.7 Å². The van der Waals surface area contributed by atoms with Crippen LogP contribution >= 0.6 is 0 Å². The number of nitrogens with two attached hydrogens (primary N) is 1. The minimum absolute atomic E-state index is 0.193. The summed E-state index contributed by atoms with van der Waals surface area (Å²) in [4.78, 5) is 29.8. The van der Waals surface area contributed by atoms with E-state index in [2.05, 4.69) is 34.6 Å². The van der Waals surface area contributed by atoms with Crippen molar-refractivity contribution in [2.24, 2.45) is 0 Å². The lowest BCUT2D eigenvalue weighted by atomic mass is 10.1. The fourth-order valence-electron chi connectivity index (χ4n) is 5.28. The average Bonchev–Trinajstić information content (AvgIpc) is 3.31. The van der Waals surface area contributed by atoms with Crippen LogP contribution < -0.4 is 32.5 Å². The third-order valence-electron chi connectivity index (χ3n) is 7.67. The van der Waals surface area contributed by atoms with Crippen molar-refractivity contribution in [2.45, 2.75) is 77.7 Å². The number of hydrogen-bond donors (Lipinski definition) is 4. The first-order valence-electron chi connectivity index (χ1n) is 14.6. The minimum atomic E-state index is -0.407. The first kappa shape index (κ1) is 29.4. The monoisotopic (exact) mass is 548 g/mol. The largest absolute Gasteiger partial charge is 0.399 e. The van der Waals surface area contributed by atoms with E-state index in [1.807, 2.05) is 49.4 Å². The van der Waals surface area contributed by atoms with Gasteiger partial charge in [0.05, 0.1) is 6.10 Å². The molecular weight excluding hydrogens is 504 g/mol. The number of nitrogens with one attached hydrogen (secondary N) is 2. The molecule has 0 saturated carbocycles. The summed E-state index contributed by atoms with van der Waals surface area (Å²) in [6.07, 6.45) is 4.05. The molecule has 0 radical (unpaired) electrons. The number of aliphatic hydroxyl groups excluding tert-OH is 1. The van der Waals surface area contributed by atoms with E-state index in [0.29, 0.717) is 69.2 Å². The molecule has 2 unspecified atom stereocenters. The number of benzene rings is 2. The van der Waals surface area contributed by atoms with Crippen LogP contribution in [-0.4, -0.2) is 46.1 Å². The topological polar surface area (TPSA) is 118 Å². The summed E-state index contributed by atoms with van der Waals surface area (Å²) in [6.45, 7) is 6.50. The van der Waals surface area contributed by atoms with Gasteiger partial charge < -0.3 is 26.4 Å². The molecule has 0 amide bonds. The number of aliphatic hydroxyl groups is 1. The van der Waals surface area contributed by atoms with Gasteiger partial charge >= 0.3 is 5.69 Å². The molecule has 0 saturated heterocycles. The Morgan fingerprint density at radius 3 is 2.45 bits per heavy atom. The van der Waals surface area contributed by atoms with E-state index in [1.165, 1.54) is 4.57 Å². The fourth-order valence-corrected chi connectivity index (χ4v) is 5.28. The van der Waals surface area contributed by atoms with Crippen LogP contribution in [0.2, 0.25) is 0 Å². The molecule has 0 aliphatic carbocycles. The number of nitrogens with zero attached hydrogens (tertiary/aromatic N) is 3. The molecule has 2 atom stereocenters. The van der Waals surface area contributed by atoms with Crippen LogP contribution in [0.1, 0.15) is 50.7 Å². The molecule has 5 N–H and O–H groups in total. The first-order valence-corrected chi connectivity index (χ1v) is 14.6. The highest BCUT2D eigenvalue weighted by Crippen LogP contribution is 2.32. The number of para-hydroxylation sites is 1. The third kappa shape index (κ3) is 6.95. The van der Waals surface area contributed by atoms with Gasteiger partial charge in [-0.25, -0.2) is 4.79 Å². The Morgan fingerprint density at radius 2 is 1.73 bits per heavy atom. The average molecular weight is 549 g/mol. The summed E-state index contributed by atoms with van der Waals surface area (Å²) >= 11 is 0. The van der Waals surface area contributed by atoms with E-state index < -0.39 is 6.10 Å². The highest BCUT2D eigenvalue weighted by atomic mass is 16.3. The number of unbranched alkanes of at least 4 members (excludes halogenated alkanes) is 2. The van der Waals surface area contributed by atoms with E-state index in [-0.39, 0.29) is 17.4 Å². The lowest BCUT2D eigenvalue weighted by Gasteiger charge is -2.27. The Bertz CT molecular complexity index is 1350. The number of aromatic nitrogens is 2. The number of fused-ring (bicyclic) bond motifs is 1. The zero-order chi connectivity index (χ0) is 28.5. The number of anilines is 3. The Balaban J connectivity index is 1.72. The van der Waals surface area contributed by atoms with Gasteiger partial charge in [-0.05, 0) is 36.5 Å². The number of nitrogen functional groups attached to an aromatic ring is 1. The molecule has 0 spiro atoms. The normalized spacial score (nSPS) is 15.2. The molecular formula is C31H44N6O3. The van der Waals surface area contributed by atoms with Gasteiger partial charge in [0, 0.05) is 44.8 Å². The second-order valence-corrected chi connectivity index (χ2v) is 10.6. The van der Waals surface area contributed by atoms with Gasteiger partial charge in [0.2, 0.25) is 0 Å². The van der Waals surface area contributed by atoms with Crippen molar-refractivity contribution in [3.05, 3.63) is 86.6 Å². The molecule has 2 heterocycles. The van der Waals surface area contributed by atoms with Crippen molar-refractivity contribution in [1.82, 2.24) is 14.5 Å². The quantitative estimate of drug-likeness (QED) is 0.170. The second kappa shape index (κ2) is 14.2. The maximum atomic E-state index is 13.9. The van der Waals surface area contributed by atoms with E-state index in [4.69, 9.17) is 5.73 Å². The van der Waals surface area contributed by atoms with Crippen molar-refractivity contribution in [1.29, 1.82) is 0 Å². The van der Waals surface area contributed by atoms with Gasteiger partial charge in [-0.15, -0.1) is 0 Å². The van der Waals surface area contributed by atoms with Gasteiger partial charge in [-0.1, -0.05) is 75.2 Å². The zero-order valence-corrected chi connectivity index (χ0v) is 23.8. The maximum absolute atomic E-state index is 13.9. The fraction of sp³-hybridized carbons (Fsp3) is 0.484. The van der Waals surface area contributed by atoms with E-state index in [0.717, 1.165) is 30.4 Å². The van der Waals surface area contributed by atoms with Crippen molar-refractivity contribution in [2.75, 3.05) is 35.6 Å². The van der Waals surface area contributed by atoms with E-state index in [1.54, 1.807) is 4.57 Å². The van der Waals surface area contributed by atoms with Crippen molar-refractivity contribution < 1.29 is 5.11 Å². The lowest BCUT2D eigenvalue weighted by molar-refractivity contribution is 0.168. The van der Waals surface area contributed by atoms with Crippen molar-refractivity contribution >= 4 is 17.2 Å². The molecule has 1 aromatic heterocycles. The molecule has 9 nitrogen and oxygen atoms in total. The van der Waals surface area contributed by atoms with Gasteiger partial charge in [0.25, 0.3) is 5.56 Å². The van der Waals surface area contributed by atoms with E-state index in [9.17, 15) is 14.7 Å². The molecule has 2 aromatic carbocycles. The minimum Gasteiger partial charge on any atom is -0.399 e. The number of aryl methyl sites for hydroxylation is 1. The van der Waals surface area contributed by atoms with Crippen LogP contribution in [0.15, 0.2) is 64.2 Å². The summed E-state index contributed by atoms with van der Waals surface area (Å²) in [5, 5.41) is 16.9. The second-order valence-electron chi connectivity index (χ2n) is 10.6. The maximum Gasteiger partial charge on any atom is 0.332 e. The molecule has 9 heteroatoms. The van der Waals surface area contributed by atoms with Gasteiger partial charge in [-0.3, -0.25) is 13.9 Å². The smallest absolute Gasteiger partial charge is 0.332 e. The first-order chi connectivity index (χ1) is 19.4. The molecule has 1 aliphatic heterocycles. The van der Waals surface area contributed by atoms with Gasteiger partial charge in [-0.2, -0.15) is 0 Å². The predicted molar refractivity (Wildman–Crippen MR) is 163 cm³/mol. The Morgan fingerprint density at radius 1 is 0.975 bits per heavy atom. The predicted octanol–water partition coefficient (Wildman–Crippen LogP) is 3.19. The Hall–Kier alpha value is -3.56. The highest BCUT2D eigenvalue weighted by molar-refractivity contribution is 5.72. The molecule has 0 bridgehead atoms. The summed E-state index contributed by atoms with van der Waals surface area (Å²) in [5.74, 6) is 0.575. The van der Waals surface area contributed by atoms with Crippen molar-refractivity contribution in [3.8, 4) is 0 Å². The molecule has 1 aliphatic rings. The number of hydrogen-bond acceptors (Lipinski definition) is 7. The van der Waals surface area contributed by atoms with Crippen LogP contribution in [0.4, 0.5) is 17.2 Å². The Labute approximate surface area is 236 Å². The summed E-state index contributed by atoms with van der Waals surface area (Å²) in [5.41, 5.74) is 9.02. The van der Waals surface area contributed by atoms with Crippen molar-refractivity contribution in [3.63, 3.8) is 0 Å². The van der Waals surface area contributed by atoms with Crippen LogP contribution in [0, 0.1) is 0 Å². The third-order valence-corrected chi connectivity index (χ3v) is 7.67. The lowest BCUT2D eigenvalue weighted by Crippen LogP contribution is -2.45. The highest BCUT2D eigenvalue weighted by Gasteiger charge is 2.35. The molecule has 0 fully saturated rings. The molecule has 3 aromatic rings. The molecule has 216 valence electrons. The van der Waals surface area contributed by atoms with Crippen LogP contribution in [0.25, 0.3) is 0 Å². The SMILES string of the molecule is CCCCCn1c(=O)c2c(n(CCc3ccccc3N)c1=O)NC(Cc1ccccc1)N2CCNCC(O)CC. The summed E-state index contributed by atoms with van der Waals surface area (Å²) < 4.78 is 3.14. The molecule has 40 heavy (non-hydrogen) atoms. The summed E-state index contributed by atoms with van der Waals surface area (Å²) in [7, 11) is 0. The Kier molecular flexibility index (Phi) is 10.4. The van der Waals surface area contributed by atoms with E-state index >= 15 is 0 Å². The zero-order valence-electron chi connectivity index (χ0n) is 23.8.